The van der Waals surface area contributed by atoms with E-state index in [-0.39, 0.29) is 5.60 Å². The van der Waals surface area contributed by atoms with Crippen LogP contribution < -0.4 is 10.1 Å². The highest BCUT2D eigenvalue weighted by atomic mass is 16.5. The fourth-order valence-electron chi connectivity index (χ4n) is 2.43. The Morgan fingerprint density at radius 1 is 1.35 bits per heavy atom. The van der Waals surface area contributed by atoms with Crippen LogP contribution in [0.2, 0.25) is 0 Å². The van der Waals surface area contributed by atoms with Crippen molar-refractivity contribution in [2.24, 2.45) is 0 Å². The van der Waals surface area contributed by atoms with Crippen LogP contribution in [0, 0.1) is 0 Å². The normalized spacial score (nSPS) is 27.4. The Hall–Kier alpha value is -1.02. The van der Waals surface area contributed by atoms with Crippen molar-refractivity contribution in [3.05, 3.63) is 29.8 Å². The fraction of sp³-hybridized carbons (Fsp3) is 0.600. The zero-order valence-electron chi connectivity index (χ0n) is 11.1. The van der Waals surface area contributed by atoms with E-state index in [0.717, 1.165) is 25.1 Å². The molecule has 0 saturated heterocycles. The first-order valence-corrected chi connectivity index (χ1v) is 6.70. The molecule has 0 spiro atoms. The number of ether oxygens (including phenoxy) is 1. The van der Waals surface area contributed by atoms with Gasteiger partial charge in [-0.25, -0.2) is 0 Å². The average Bonchev–Trinajstić information content (AvgIpc) is 2.36. The Bertz CT molecular complexity index is 377. The molecule has 0 bridgehead atoms. The van der Waals surface area contributed by atoms with Crippen molar-refractivity contribution in [2.45, 2.75) is 51.7 Å². The molecule has 2 nitrogen and oxygen atoms in total. The third-order valence-electron chi connectivity index (χ3n) is 3.68. The molecule has 0 radical (unpaired) electrons. The van der Waals surface area contributed by atoms with Gasteiger partial charge >= 0.3 is 0 Å². The zero-order valence-corrected chi connectivity index (χ0v) is 11.1. The molecule has 1 aromatic rings. The smallest absolute Gasteiger partial charge is 0.124 e. The molecule has 0 saturated carbocycles. The number of fused-ring (bicyclic) bond motifs is 1. The Morgan fingerprint density at radius 3 is 2.82 bits per heavy atom. The van der Waals surface area contributed by atoms with Gasteiger partial charge in [0.2, 0.25) is 0 Å². The summed E-state index contributed by atoms with van der Waals surface area (Å²) in [6.07, 6.45) is 3.27. The van der Waals surface area contributed by atoms with Crippen LogP contribution in [0.4, 0.5) is 0 Å². The van der Waals surface area contributed by atoms with Gasteiger partial charge in [0.05, 0.1) is 0 Å². The number of rotatable bonds is 4. The lowest BCUT2D eigenvalue weighted by Crippen LogP contribution is -2.41. The molecule has 1 N–H and O–H groups in total. The number of benzene rings is 1. The number of para-hydroxylation sites is 1. The average molecular weight is 233 g/mol. The summed E-state index contributed by atoms with van der Waals surface area (Å²) < 4.78 is 6.14. The van der Waals surface area contributed by atoms with Crippen LogP contribution in [0.5, 0.6) is 5.75 Å². The highest BCUT2D eigenvalue weighted by molar-refractivity contribution is 5.38. The van der Waals surface area contributed by atoms with Gasteiger partial charge in [-0.1, -0.05) is 32.0 Å². The first-order valence-electron chi connectivity index (χ1n) is 6.70. The highest BCUT2D eigenvalue weighted by Crippen LogP contribution is 2.40. The highest BCUT2D eigenvalue weighted by Gasteiger charge is 2.35. The van der Waals surface area contributed by atoms with E-state index >= 15 is 0 Å². The lowest BCUT2D eigenvalue weighted by Gasteiger charge is -2.40. The molecule has 1 heterocycles. The summed E-state index contributed by atoms with van der Waals surface area (Å²) in [6, 6.07) is 8.85. The third kappa shape index (κ3) is 2.63. The maximum Gasteiger partial charge on any atom is 0.124 e. The van der Waals surface area contributed by atoms with Crippen molar-refractivity contribution in [1.82, 2.24) is 5.32 Å². The lowest BCUT2D eigenvalue weighted by atomic mass is 9.86. The topological polar surface area (TPSA) is 21.3 Å². The van der Waals surface area contributed by atoms with Crippen molar-refractivity contribution in [3.8, 4) is 5.75 Å². The molecule has 1 aromatic carbocycles. The Kier molecular flexibility index (Phi) is 3.72. The van der Waals surface area contributed by atoms with Crippen molar-refractivity contribution in [2.75, 3.05) is 6.54 Å². The summed E-state index contributed by atoms with van der Waals surface area (Å²) in [7, 11) is 0. The second-order valence-electron chi connectivity index (χ2n) is 5.15. The first-order chi connectivity index (χ1) is 8.18. The van der Waals surface area contributed by atoms with E-state index in [1.54, 1.807) is 0 Å². The van der Waals surface area contributed by atoms with Crippen LogP contribution in [-0.2, 0) is 0 Å². The van der Waals surface area contributed by atoms with Gasteiger partial charge in [-0.3, -0.25) is 0 Å². The molecule has 0 aliphatic carbocycles. The quantitative estimate of drug-likeness (QED) is 0.856. The maximum atomic E-state index is 6.14. The second kappa shape index (κ2) is 5.09. The van der Waals surface area contributed by atoms with Crippen molar-refractivity contribution in [3.63, 3.8) is 0 Å². The van der Waals surface area contributed by atoms with E-state index in [4.69, 9.17) is 4.74 Å². The molecule has 1 aliphatic rings. The molecule has 2 unspecified atom stereocenters. The van der Waals surface area contributed by atoms with E-state index in [1.165, 1.54) is 12.0 Å². The number of hydrogen-bond acceptors (Lipinski definition) is 2. The first kappa shape index (κ1) is 12.4. The second-order valence-corrected chi connectivity index (χ2v) is 5.15. The summed E-state index contributed by atoms with van der Waals surface area (Å²) in [6.45, 7) is 7.68. The minimum absolute atomic E-state index is 0.0280. The molecule has 0 fully saturated rings. The predicted molar refractivity (Wildman–Crippen MR) is 71.4 cm³/mol. The lowest BCUT2D eigenvalue weighted by molar-refractivity contribution is 0.0443. The molecule has 94 valence electrons. The van der Waals surface area contributed by atoms with Gasteiger partial charge in [-0.05, 0) is 32.4 Å². The number of hydrogen-bond donors (Lipinski definition) is 1. The van der Waals surface area contributed by atoms with Gasteiger partial charge in [0.25, 0.3) is 0 Å². The SMILES string of the molecule is CCCNC1CC(C)(CC)Oc2ccccc21. The minimum Gasteiger partial charge on any atom is -0.487 e. The Balaban J connectivity index is 2.26. The summed E-state index contributed by atoms with van der Waals surface area (Å²) in [5, 5.41) is 3.64. The van der Waals surface area contributed by atoms with Crippen LogP contribution in [0.1, 0.15) is 51.6 Å². The molecule has 0 aromatic heterocycles. The molecule has 17 heavy (non-hydrogen) atoms. The summed E-state index contributed by atoms with van der Waals surface area (Å²) in [5.41, 5.74) is 1.28. The van der Waals surface area contributed by atoms with Gasteiger partial charge in [0.15, 0.2) is 0 Å². The zero-order chi connectivity index (χ0) is 12.3. The molecule has 0 amide bonds. The number of nitrogens with one attached hydrogen (secondary N) is 1. The molecule has 2 rings (SSSR count). The summed E-state index contributed by atoms with van der Waals surface area (Å²) >= 11 is 0. The van der Waals surface area contributed by atoms with E-state index in [2.05, 4.69) is 50.4 Å². The van der Waals surface area contributed by atoms with Crippen LogP contribution in [-0.4, -0.2) is 12.1 Å². The van der Waals surface area contributed by atoms with Crippen LogP contribution >= 0.6 is 0 Å². The van der Waals surface area contributed by atoms with Crippen molar-refractivity contribution in [1.29, 1.82) is 0 Å². The van der Waals surface area contributed by atoms with Gasteiger partial charge < -0.3 is 10.1 Å². The summed E-state index contributed by atoms with van der Waals surface area (Å²) in [4.78, 5) is 0. The van der Waals surface area contributed by atoms with Crippen molar-refractivity contribution >= 4 is 0 Å². The molecule has 1 aliphatic heterocycles. The molecule has 2 heteroatoms. The molecular formula is C15H23NO. The van der Waals surface area contributed by atoms with E-state index in [0.29, 0.717) is 6.04 Å². The Morgan fingerprint density at radius 2 is 2.12 bits per heavy atom. The fourth-order valence-corrected chi connectivity index (χ4v) is 2.43. The van der Waals surface area contributed by atoms with E-state index < -0.39 is 0 Å². The van der Waals surface area contributed by atoms with Gasteiger partial charge in [-0.15, -0.1) is 0 Å². The van der Waals surface area contributed by atoms with Gasteiger partial charge in [0.1, 0.15) is 11.4 Å². The van der Waals surface area contributed by atoms with Crippen molar-refractivity contribution < 1.29 is 4.74 Å². The van der Waals surface area contributed by atoms with Crippen LogP contribution in [0.3, 0.4) is 0 Å². The summed E-state index contributed by atoms with van der Waals surface area (Å²) in [5.74, 6) is 1.05. The van der Waals surface area contributed by atoms with Gasteiger partial charge in [-0.2, -0.15) is 0 Å². The van der Waals surface area contributed by atoms with Gasteiger partial charge in [0, 0.05) is 18.0 Å². The minimum atomic E-state index is -0.0280. The van der Waals surface area contributed by atoms with Crippen LogP contribution in [0.25, 0.3) is 0 Å². The molecular weight excluding hydrogens is 210 g/mol. The Labute approximate surface area is 104 Å². The van der Waals surface area contributed by atoms with E-state index in [9.17, 15) is 0 Å². The van der Waals surface area contributed by atoms with Crippen LogP contribution in [0.15, 0.2) is 24.3 Å². The standard InChI is InChI=1S/C15H23NO/c1-4-10-16-13-11-15(3,5-2)17-14-9-7-6-8-12(13)14/h6-9,13,16H,4-5,10-11H2,1-3H3. The maximum absolute atomic E-state index is 6.14. The molecule has 2 atom stereocenters. The van der Waals surface area contributed by atoms with E-state index in [1.807, 2.05) is 0 Å². The largest absolute Gasteiger partial charge is 0.487 e. The predicted octanol–water partition coefficient (Wildman–Crippen LogP) is 3.68. The third-order valence-corrected chi connectivity index (χ3v) is 3.68. The monoisotopic (exact) mass is 233 g/mol.